The highest BCUT2D eigenvalue weighted by molar-refractivity contribution is 4.82. The van der Waals surface area contributed by atoms with Gasteiger partial charge >= 0.3 is 0 Å². The van der Waals surface area contributed by atoms with Crippen LogP contribution >= 0.6 is 0 Å². The normalized spacial score (nSPS) is 33.6. The molecule has 0 spiro atoms. The van der Waals surface area contributed by atoms with Gasteiger partial charge in [-0.15, -0.1) is 0 Å². The van der Waals surface area contributed by atoms with Crippen molar-refractivity contribution in [2.24, 2.45) is 17.8 Å². The maximum atomic E-state index is 8.76. The molecule has 14 heavy (non-hydrogen) atoms. The maximum Gasteiger partial charge on any atom is 0.0701 e. The zero-order chi connectivity index (χ0) is 10.6. The minimum absolute atomic E-state index is 0.149. The summed E-state index contributed by atoms with van der Waals surface area (Å²) in [6.45, 7) is 7.54. The van der Waals surface area contributed by atoms with Gasteiger partial charge in [-0.3, -0.25) is 0 Å². The van der Waals surface area contributed by atoms with Crippen LogP contribution in [-0.2, 0) is 4.74 Å². The minimum Gasteiger partial charge on any atom is -0.394 e. The average molecular weight is 200 g/mol. The largest absolute Gasteiger partial charge is 0.394 e. The van der Waals surface area contributed by atoms with Crippen LogP contribution in [0.15, 0.2) is 0 Å². The molecule has 3 unspecified atom stereocenters. The van der Waals surface area contributed by atoms with Crippen LogP contribution in [0.3, 0.4) is 0 Å². The Morgan fingerprint density at radius 2 is 2.07 bits per heavy atom. The van der Waals surface area contributed by atoms with Crippen molar-refractivity contribution < 1.29 is 9.84 Å². The quantitative estimate of drug-likeness (QED) is 0.755. The summed E-state index contributed by atoms with van der Waals surface area (Å²) in [4.78, 5) is 0. The van der Waals surface area contributed by atoms with Gasteiger partial charge in [-0.1, -0.05) is 33.6 Å². The Kier molecular flexibility index (Phi) is 4.90. The number of ether oxygens (including phenoxy) is 1. The van der Waals surface area contributed by atoms with E-state index in [-0.39, 0.29) is 6.61 Å². The lowest BCUT2D eigenvalue weighted by Gasteiger charge is -2.38. The molecule has 0 aromatic heterocycles. The zero-order valence-corrected chi connectivity index (χ0v) is 9.70. The van der Waals surface area contributed by atoms with Gasteiger partial charge in [-0.2, -0.15) is 0 Å². The Bertz CT molecular complexity index is 156. The van der Waals surface area contributed by atoms with Crippen molar-refractivity contribution >= 4 is 0 Å². The van der Waals surface area contributed by atoms with Crippen LogP contribution in [0.2, 0.25) is 0 Å². The second-order valence-corrected chi connectivity index (χ2v) is 4.86. The summed E-state index contributed by atoms with van der Waals surface area (Å²) in [7, 11) is 0. The molecule has 1 N–H and O–H groups in total. The lowest BCUT2D eigenvalue weighted by atomic mass is 9.72. The zero-order valence-electron chi connectivity index (χ0n) is 9.70. The van der Waals surface area contributed by atoms with E-state index in [4.69, 9.17) is 9.84 Å². The van der Waals surface area contributed by atoms with Crippen molar-refractivity contribution in [2.45, 2.75) is 46.1 Å². The Labute approximate surface area is 87.7 Å². The number of aliphatic hydroxyl groups is 1. The van der Waals surface area contributed by atoms with Crippen LogP contribution < -0.4 is 0 Å². The van der Waals surface area contributed by atoms with Crippen LogP contribution in [0.1, 0.15) is 40.0 Å². The second-order valence-electron chi connectivity index (χ2n) is 4.86. The maximum absolute atomic E-state index is 8.76. The van der Waals surface area contributed by atoms with Crippen molar-refractivity contribution in [3.05, 3.63) is 0 Å². The Morgan fingerprint density at radius 1 is 1.36 bits per heavy atom. The summed E-state index contributed by atoms with van der Waals surface area (Å²) in [5.74, 6) is 2.14. The summed E-state index contributed by atoms with van der Waals surface area (Å²) in [5, 5.41) is 8.76. The molecule has 1 saturated carbocycles. The van der Waals surface area contributed by atoms with E-state index in [1.54, 1.807) is 0 Å². The fourth-order valence-corrected chi connectivity index (χ4v) is 2.88. The Hall–Kier alpha value is -0.0800. The number of aliphatic hydroxyl groups excluding tert-OH is 1. The molecule has 0 bridgehead atoms. The van der Waals surface area contributed by atoms with Gasteiger partial charge in [0.05, 0.1) is 19.3 Å². The molecule has 1 fully saturated rings. The van der Waals surface area contributed by atoms with Gasteiger partial charge < -0.3 is 9.84 Å². The molecule has 1 rings (SSSR count). The van der Waals surface area contributed by atoms with E-state index in [1.165, 1.54) is 19.3 Å². The van der Waals surface area contributed by atoms with E-state index in [9.17, 15) is 0 Å². The molecule has 2 nitrogen and oxygen atoms in total. The van der Waals surface area contributed by atoms with Crippen molar-refractivity contribution in [1.82, 2.24) is 0 Å². The van der Waals surface area contributed by atoms with Gasteiger partial charge in [0.2, 0.25) is 0 Å². The third-order valence-corrected chi connectivity index (χ3v) is 3.43. The molecule has 0 heterocycles. The van der Waals surface area contributed by atoms with Crippen LogP contribution in [0.5, 0.6) is 0 Å². The first-order valence-electron chi connectivity index (χ1n) is 5.89. The third-order valence-electron chi connectivity index (χ3n) is 3.43. The lowest BCUT2D eigenvalue weighted by molar-refractivity contribution is -0.0563. The van der Waals surface area contributed by atoms with Crippen LogP contribution in [0.25, 0.3) is 0 Å². The van der Waals surface area contributed by atoms with Crippen LogP contribution in [-0.4, -0.2) is 24.4 Å². The highest BCUT2D eigenvalue weighted by atomic mass is 16.5. The van der Waals surface area contributed by atoms with Crippen molar-refractivity contribution in [1.29, 1.82) is 0 Å². The van der Waals surface area contributed by atoms with E-state index in [0.29, 0.717) is 24.5 Å². The minimum atomic E-state index is 0.149. The average Bonchev–Trinajstić information content (AvgIpc) is 2.14. The molecule has 0 amide bonds. The van der Waals surface area contributed by atoms with E-state index in [1.807, 2.05) is 0 Å². The predicted octanol–water partition coefficient (Wildman–Crippen LogP) is 2.46. The molecule has 0 aliphatic heterocycles. The summed E-state index contributed by atoms with van der Waals surface area (Å²) in [5.41, 5.74) is 0. The van der Waals surface area contributed by atoms with Gasteiger partial charge in [-0.25, -0.2) is 0 Å². The lowest BCUT2D eigenvalue weighted by Crippen LogP contribution is -2.37. The van der Waals surface area contributed by atoms with Gasteiger partial charge in [0.25, 0.3) is 0 Å². The second kappa shape index (κ2) is 5.72. The predicted molar refractivity (Wildman–Crippen MR) is 58.2 cm³/mol. The smallest absolute Gasteiger partial charge is 0.0701 e. The molecular weight excluding hydrogens is 176 g/mol. The summed E-state index contributed by atoms with van der Waals surface area (Å²) >= 11 is 0. The van der Waals surface area contributed by atoms with Gasteiger partial charge in [-0.05, 0) is 24.2 Å². The fraction of sp³-hybridized carbons (Fsp3) is 1.00. The number of rotatable bonds is 4. The Morgan fingerprint density at radius 3 is 2.64 bits per heavy atom. The Balaban J connectivity index is 2.51. The number of hydrogen-bond acceptors (Lipinski definition) is 2. The van der Waals surface area contributed by atoms with Crippen molar-refractivity contribution in [3.63, 3.8) is 0 Å². The molecular formula is C12H24O2. The first-order valence-corrected chi connectivity index (χ1v) is 5.89. The fourth-order valence-electron chi connectivity index (χ4n) is 2.88. The molecule has 2 heteroatoms. The van der Waals surface area contributed by atoms with E-state index >= 15 is 0 Å². The van der Waals surface area contributed by atoms with Crippen LogP contribution in [0.4, 0.5) is 0 Å². The molecule has 0 saturated heterocycles. The first kappa shape index (κ1) is 12.0. The third kappa shape index (κ3) is 2.96. The molecule has 1 aliphatic carbocycles. The highest BCUT2D eigenvalue weighted by Crippen LogP contribution is 2.36. The van der Waals surface area contributed by atoms with Gasteiger partial charge in [0.1, 0.15) is 0 Å². The molecule has 84 valence electrons. The molecule has 1 aliphatic rings. The highest BCUT2D eigenvalue weighted by Gasteiger charge is 2.33. The number of hydrogen-bond donors (Lipinski definition) is 1. The van der Waals surface area contributed by atoms with Gasteiger partial charge in [0, 0.05) is 0 Å². The van der Waals surface area contributed by atoms with E-state index in [0.717, 1.165) is 5.92 Å². The monoisotopic (exact) mass is 200 g/mol. The summed E-state index contributed by atoms with van der Waals surface area (Å²) in [6, 6.07) is 0. The molecule has 0 radical (unpaired) electrons. The van der Waals surface area contributed by atoms with Gasteiger partial charge in [0.15, 0.2) is 0 Å². The van der Waals surface area contributed by atoms with Crippen molar-refractivity contribution in [3.8, 4) is 0 Å². The molecule has 3 atom stereocenters. The topological polar surface area (TPSA) is 29.5 Å². The summed E-state index contributed by atoms with van der Waals surface area (Å²) < 4.78 is 5.73. The van der Waals surface area contributed by atoms with E-state index < -0.39 is 0 Å². The standard InChI is InChI=1S/C12H24O2/c1-9(2)12-10(3)5-4-6-11(12)14-8-7-13/h9-13H,4-8H2,1-3H3. The molecule has 0 aromatic carbocycles. The summed E-state index contributed by atoms with van der Waals surface area (Å²) in [6.07, 6.45) is 4.17. The van der Waals surface area contributed by atoms with E-state index in [2.05, 4.69) is 20.8 Å². The van der Waals surface area contributed by atoms with Crippen LogP contribution in [0, 0.1) is 17.8 Å². The SMILES string of the molecule is CC(C)C1C(C)CCCC1OCCO. The first-order chi connectivity index (χ1) is 6.66. The molecule has 0 aromatic rings. The van der Waals surface area contributed by atoms with Crippen molar-refractivity contribution in [2.75, 3.05) is 13.2 Å².